The third-order valence-electron chi connectivity index (χ3n) is 7.62. The van der Waals surface area contributed by atoms with Crippen LogP contribution in [0, 0.1) is 58.2 Å². The van der Waals surface area contributed by atoms with Gasteiger partial charge in [-0.3, -0.25) is 0 Å². The second-order valence-electron chi connectivity index (χ2n) is 9.67. The van der Waals surface area contributed by atoms with Crippen LogP contribution in [0.25, 0.3) is 65.3 Å². The van der Waals surface area contributed by atoms with Crippen molar-refractivity contribution in [3.63, 3.8) is 0 Å². The number of halogens is 10. The monoisotopic (exact) mass is 584 g/mol. The van der Waals surface area contributed by atoms with Gasteiger partial charge in [-0.05, 0) is 54.2 Å². The molecule has 208 valence electrons. The van der Waals surface area contributed by atoms with Gasteiger partial charge in [-0.25, -0.2) is 43.9 Å². The van der Waals surface area contributed by atoms with E-state index in [-0.39, 0.29) is 21.9 Å². The molecule has 7 aromatic carbocycles. The van der Waals surface area contributed by atoms with Crippen LogP contribution in [0.5, 0.6) is 0 Å². The molecule has 0 aliphatic carbocycles. The second-order valence-corrected chi connectivity index (χ2v) is 9.67. The van der Waals surface area contributed by atoms with E-state index in [9.17, 15) is 43.9 Å². The van der Waals surface area contributed by atoms with E-state index < -0.39 is 69.3 Å². The quantitative estimate of drug-likeness (QED) is 0.0624. The van der Waals surface area contributed by atoms with Gasteiger partial charge in [0.25, 0.3) is 0 Å². The molecule has 0 unspecified atom stereocenters. The predicted molar refractivity (Wildman–Crippen MR) is 138 cm³/mol. The number of benzene rings is 7. The highest BCUT2D eigenvalue weighted by Gasteiger charge is 2.30. The number of rotatable bonds is 2. The Bertz CT molecular complexity index is 2060. The van der Waals surface area contributed by atoms with Crippen molar-refractivity contribution in [1.82, 2.24) is 0 Å². The number of fused-ring (bicyclic) bond motifs is 2. The van der Waals surface area contributed by atoms with Crippen LogP contribution in [0.2, 0.25) is 0 Å². The van der Waals surface area contributed by atoms with Crippen LogP contribution in [0.4, 0.5) is 43.9 Å². The Hall–Kier alpha value is -4.86. The summed E-state index contributed by atoms with van der Waals surface area (Å²) >= 11 is 0. The normalized spacial score (nSPS) is 12.0. The van der Waals surface area contributed by atoms with Gasteiger partial charge in [0.2, 0.25) is 11.6 Å². The van der Waals surface area contributed by atoms with Gasteiger partial charge < -0.3 is 0 Å². The van der Waals surface area contributed by atoms with Crippen molar-refractivity contribution in [2.24, 2.45) is 0 Å². The molecule has 0 radical (unpaired) electrons. The summed E-state index contributed by atoms with van der Waals surface area (Å²) in [4.78, 5) is 0. The Kier molecular flexibility index (Phi) is 5.47. The first-order valence-electron chi connectivity index (χ1n) is 12.2. The molecule has 0 saturated heterocycles. The molecule has 0 fully saturated rings. The maximum Gasteiger partial charge on any atom is 0.200 e. The van der Waals surface area contributed by atoms with Crippen molar-refractivity contribution in [3.05, 3.63) is 119 Å². The molecule has 42 heavy (non-hydrogen) atoms. The molecule has 0 heterocycles. The van der Waals surface area contributed by atoms with E-state index in [1.165, 1.54) is 48.5 Å². The molecule has 0 aliphatic heterocycles. The molecule has 0 spiro atoms. The zero-order valence-electron chi connectivity index (χ0n) is 20.6. The average molecular weight is 584 g/mol. The molecular weight excluding hydrogens is 574 g/mol. The van der Waals surface area contributed by atoms with Gasteiger partial charge in [0.15, 0.2) is 46.5 Å². The van der Waals surface area contributed by atoms with Crippen LogP contribution in [0.1, 0.15) is 0 Å². The highest BCUT2D eigenvalue weighted by atomic mass is 19.2. The molecule has 0 atom stereocenters. The van der Waals surface area contributed by atoms with Crippen molar-refractivity contribution in [1.29, 1.82) is 0 Å². The Balaban J connectivity index is 1.62. The minimum absolute atomic E-state index is 0.153. The zero-order chi connectivity index (χ0) is 29.8. The molecule has 0 nitrogen and oxygen atoms in total. The van der Waals surface area contributed by atoms with Crippen LogP contribution in [-0.2, 0) is 0 Å². The fourth-order valence-corrected chi connectivity index (χ4v) is 5.83. The Morgan fingerprint density at radius 3 is 0.857 bits per heavy atom. The molecule has 0 N–H and O–H groups in total. The summed E-state index contributed by atoms with van der Waals surface area (Å²) in [5.74, 6) is -21.0. The number of hydrogen-bond acceptors (Lipinski definition) is 0. The minimum Gasteiger partial charge on any atom is -0.203 e. The number of hydrogen-bond donors (Lipinski definition) is 0. The van der Waals surface area contributed by atoms with Crippen molar-refractivity contribution in [3.8, 4) is 22.3 Å². The summed E-state index contributed by atoms with van der Waals surface area (Å²) in [5.41, 5.74) is -2.75. The summed E-state index contributed by atoms with van der Waals surface area (Å²) in [5, 5.41) is 2.87. The van der Waals surface area contributed by atoms with E-state index in [4.69, 9.17) is 0 Å². The Morgan fingerprint density at radius 1 is 0.262 bits per heavy atom. The summed E-state index contributed by atoms with van der Waals surface area (Å²) in [7, 11) is 0. The molecule has 0 aliphatic rings. The van der Waals surface area contributed by atoms with E-state index in [0.29, 0.717) is 32.3 Å². The maximum absolute atomic E-state index is 14.8. The molecule has 0 amide bonds. The van der Waals surface area contributed by atoms with E-state index in [2.05, 4.69) is 0 Å². The molecule has 0 bridgehead atoms. The molecule has 7 aromatic rings. The first-order valence-corrected chi connectivity index (χ1v) is 12.2. The Labute approximate surface area is 228 Å². The lowest BCUT2D eigenvalue weighted by atomic mass is 9.85. The smallest absolute Gasteiger partial charge is 0.200 e. The first kappa shape index (κ1) is 26.1. The fraction of sp³-hybridized carbons (Fsp3) is 0. The summed E-state index contributed by atoms with van der Waals surface area (Å²) in [6, 6.07) is 14.3. The van der Waals surface area contributed by atoms with Gasteiger partial charge in [0.05, 0.1) is 11.1 Å². The SMILES string of the molecule is Fc1c(F)c(F)c(-c2ccc3c4ccc(-c5c(F)c(F)c(F)c(F)c5F)c5cccc(c6cccc2c63)c54)c(F)c1F. The van der Waals surface area contributed by atoms with Gasteiger partial charge in [0.1, 0.15) is 0 Å². The van der Waals surface area contributed by atoms with Crippen LogP contribution in [-0.4, -0.2) is 0 Å². The first-order chi connectivity index (χ1) is 20.0. The van der Waals surface area contributed by atoms with Crippen molar-refractivity contribution in [2.45, 2.75) is 0 Å². The largest absolute Gasteiger partial charge is 0.203 e. The van der Waals surface area contributed by atoms with Crippen molar-refractivity contribution >= 4 is 43.1 Å². The standard InChI is InChI=1S/C32H10F10/c33-23-21(24(34)28(38)31(41)27(23)37)17-9-7-15-16-8-10-18(22-25(35)29(39)32(42)30(40)26(22)36)14-6-2-4-12(20(14)16)11-3-1-5-13(17)19(11)15/h1-10H. The molecule has 10 heteroatoms. The van der Waals surface area contributed by atoms with Gasteiger partial charge in [-0.1, -0.05) is 60.7 Å². The highest BCUT2D eigenvalue weighted by Crippen LogP contribution is 2.47. The summed E-state index contributed by atoms with van der Waals surface area (Å²) < 4.78 is 143. The lowest BCUT2D eigenvalue weighted by molar-refractivity contribution is 0.381. The third-order valence-corrected chi connectivity index (χ3v) is 7.62. The van der Waals surface area contributed by atoms with Crippen LogP contribution >= 0.6 is 0 Å². The van der Waals surface area contributed by atoms with Crippen molar-refractivity contribution < 1.29 is 43.9 Å². The molecular formula is C32H10F10. The van der Waals surface area contributed by atoms with Gasteiger partial charge in [0, 0.05) is 0 Å². The lowest BCUT2D eigenvalue weighted by Crippen LogP contribution is -2.05. The van der Waals surface area contributed by atoms with E-state index in [1.807, 2.05) is 0 Å². The fourth-order valence-electron chi connectivity index (χ4n) is 5.83. The predicted octanol–water partition coefficient (Wildman–Crippen LogP) is 10.5. The average Bonchev–Trinajstić information content (AvgIpc) is 3.00. The van der Waals surface area contributed by atoms with E-state index in [0.717, 1.165) is 0 Å². The molecule has 0 aromatic heterocycles. The molecule has 0 saturated carbocycles. The van der Waals surface area contributed by atoms with Crippen LogP contribution < -0.4 is 0 Å². The van der Waals surface area contributed by atoms with Gasteiger partial charge in [-0.2, -0.15) is 0 Å². The summed E-state index contributed by atoms with van der Waals surface area (Å²) in [6.07, 6.45) is 0. The minimum atomic E-state index is -2.29. The topological polar surface area (TPSA) is 0 Å². The van der Waals surface area contributed by atoms with Gasteiger partial charge >= 0.3 is 0 Å². The van der Waals surface area contributed by atoms with Crippen LogP contribution in [0.3, 0.4) is 0 Å². The van der Waals surface area contributed by atoms with Crippen LogP contribution in [0.15, 0.2) is 60.7 Å². The zero-order valence-corrected chi connectivity index (χ0v) is 20.6. The maximum atomic E-state index is 14.8. The highest BCUT2D eigenvalue weighted by molar-refractivity contribution is 6.35. The third kappa shape index (κ3) is 3.20. The summed E-state index contributed by atoms with van der Waals surface area (Å²) in [6.45, 7) is 0. The van der Waals surface area contributed by atoms with E-state index in [1.54, 1.807) is 12.1 Å². The second kappa shape index (κ2) is 8.82. The molecule has 7 rings (SSSR count). The van der Waals surface area contributed by atoms with Gasteiger partial charge in [-0.15, -0.1) is 0 Å². The van der Waals surface area contributed by atoms with E-state index >= 15 is 0 Å². The van der Waals surface area contributed by atoms with Crippen molar-refractivity contribution in [2.75, 3.05) is 0 Å². The Morgan fingerprint density at radius 2 is 0.524 bits per heavy atom. The lowest BCUT2D eigenvalue weighted by Gasteiger charge is -2.19.